The van der Waals surface area contributed by atoms with Crippen LogP contribution >= 0.6 is 0 Å². The molecule has 1 aliphatic rings. The molecule has 19 heavy (non-hydrogen) atoms. The molecule has 1 saturated heterocycles. The minimum atomic E-state index is -0.585. The molecule has 0 aromatic carbocycles. The number of hydrogen-bond acceptors (Lipinski definition) is 6. The summed E-state index contributed by atoms with van der Waals surface area (Å²) in [7, 11) is -0.585. The van der Waals surface area contributed by atoms with Crippen LogP contribution < -0.4 is 11.3 Å². The Hall–Kier alpha value is -1.67. The fourth-order valence-corrected chi connectivity index (χ4v) is 2.00. The van der Waals surface area contributed by atoms with Gasteiger partial charge in [-0.2, -0.15) is 4.98 Å². The first-order chi connectivity index (χ1) is 8.80. The van der Waals surface area contributed by atoms with Gasteiger partial charge in [-0.25, -0.2) is 9.97 Å². The summed E-state index contributed by atoms with van der Waals surface area (Å²) in [6.07, 6.45) is 1.55. The topological polar surface area (TPSA) is 98.9 Å². The molecule has 0 saturated carbocycles. The molecule has 0 bridgehead atoms. The lowest BCUT2D eigenvalue weighted by Crippen LogP contribution is -2.41. The van der Waals surface area contributed by atoms with Gasteiger partial charge in [-0.1, -0.05) is 0 Å². The van der Waals surface area contributed by atoms with Gasteiger partial charge in [0.25, 0.3) is 0 Å². The summed E-state index contributed by atoms with van der Waals surface area (Å²) in [5.74, 6) is 0.157. The largest absolute Gasteiger partial charge is 0.517 e. The average Bonchev–Trinajstić information content (AvgIpc) is 2.80. The molecule has 100 valence electrons. The van der Waals surface area contributed by atoms with Crippen molar-refractivity contribution < 1.29 is 9.31 Å². The second-order valence-corrected chi connectivity index (χ2v) is 5.66. The summed E-state index contributed by atoms with van der Waals surface area (Å²) in [5, 5.41) is 0. The lowest BCUT2D eigenvalue weighted by atomic mass is 9.83. The third kappa shape index (κ3) is 1.79. The molecule has 0 radical (unpaired) electrons. The minimum absolute atomic E-state index is 0.157. The van der Waals surface area contributed by atoms with Crippen LogP contribution in [-0.4, -0.2) is 38.3 Å². The second kappa shape index (κ2) is 3.67. The Balaban J connectivity index is 2.09. The van der Waals surface area contributed by atoms with Crippen LogP contribution in [0.3, 0.4) is 0 Å². The van der Waals surface area contributed by atoms with E-state index in [1.165, 1.54) is 0 Å². The maximum absolute atomic E-state index is 5.97. The third-order valence-corrected chi connectivity index (χ3v) is 3.81. The van der Waals surface area contributed by atoms with E-state index in [1.54, 1.807) is 6.33 Å². The number of nitrogens with zero attached hydrogens (tertiary/aromatic N) is 3. The number of nitrogens with one attached hydrogen (secondary N) is 1. The number of hydrogen-bond donors (Lipinski definition) is 2. The highest BCUT2D eigenvalue weighted by atomic mass is 16.7. The van der Waals surface area contributed by atoms with Crippen molar-refractivity contribution in [3.63, 3.8) is 0 Å². The summed E-state index contributed by atoms with van der Waals surface area (Å²) in [4.78, 5) is 15.4. The average molecular weight is 261 g/mol. The van der Waals surface area contributed by atoms with Gasteiger partial charge in [-0.3, -0.25) is 0 Å². The van der Waals surface area contributed by atoms with Crippen LogP contribution in [0.4, 0.5) is 5.95 Å². The van der Waals surface area contributed by atoms with Crippen molar-refractivity contribution in [2.24, 2.45) is 0 Å². The number of imidazole rings is 1. The van der Waals surface area contributed by atoms with E-state index in [1.807, 2.05) is 27.7 Å². The van der Waals surface area contributed by atoms with Crippen molar-refractivity contribution in [1.82, 2.24) is 19.9 Å². The number of anilines is 1. The van der Waals surface area contributed by atoms with Crippen molar-refractivity contribution in [2.45, 2.75) is 38.9 Å². The van der Waals surface area contributed by atoms with E-state index in [4.69, 9.17) is 15.0 Å². The Morgan fingerprint density at radius 3 is 2.42 bits per heavy atom. The first kappa shape index (κ1) is 12.4. The van der Waals surface area contributed by atoms with Crippen molar-refractivity contribution in [1.29, 1.82) is 0 Å². The highest BCUT2D eigenvalue weighted by Gasteiger charge is 2.53. The summed E-state index contributed by atoms with van der Waals surface area (Å²) >= 11 is 0. The molecule has 3 N–H and O–H groups in total. The smallest absolute Gasteiger partial charge is 0.398 e. The van der Waals surface area contributed by atoms with E-state index in [-0.39, 0.29) is 5.95 Å². The van der Waals surface area contributed by atoms with Crippen molar-refractivity contribution in [2.75, 3.05) is 5.73 Å². The predicted molar refractivity (Wildman–Crippen MR) is 71.8 cm³/mol. The minimum Gasteiger partial charge on any atom is -0.398 e. The van der Waals surface area contributed by atoms with E-state index in [0.29, 0.717) is 16.8 Å². The molecular weight excluding hydrogens is 245 g/mol. The number of aromatic nitrogens is 4. The maximum Gasteiger partial charge on any atom is 0.517 e. The van der Waals surface area contributed by atoms with Crippen LogP contribution in [0.5, 0.6) is 0 Å². The van der Waals surface area contributed by atoms with Gasteiger partial charge in [0.15, 0.2) is 5.65 Å². The second-order valence-electron chi connectivity index (χ2n) is 5.66. The maximum atomic E-state index is 5.97. The lowest BCUT2D eigenvalue weighted by Gasteiger charge is -2.32. The first-order valence-electron chi connectivity index (χ1n) is 6.12. The fourth-order valence-electron chi connectivity index (χ4n) is 2.00. The molecule has 1 fully saturated rings. The first-order valence-corrected chi connectivity index (χ1v) is 6.12. The molecule has 2 aromatic rings. The van der Waals surface area contributed by atoms with E-state index in [0.717, 1.165) is 0 Å². The van der Waals surface area contributed by atoms with Crippen LogP contribution in [0.1, 0.15) is 27.7 Å². The molecule has 8 heteroatoms. The highest BCUT2D eigenvalue weighted by molar-refractivity contribution is 6.63. The van der Waals surface area contributed by atoms with Crippen molar-refractivity contribution in [3.05, 3.63) is 6.33 Å². The van der Waals surface area contributed by atoms with Gasteiger partial charge in [0.2, 0.25) is 5.95 Å². The Morgan fingerprint density at radius 2 is 1.79 bits per heavy atom. The zero-order valence-electron chi connectivity index (χ0n) is 11.4. The number of nitrogens with two attached hydrogens (primary N) is 1. The van der Waals surface area contributed by atoms with Crippen molar-refractivity contribution in [3.8, 4) is 0 Å². The standard InChI is InChI=1S/C11H16BN5O2/c1-10(2)11(3,4)19-12(18-10)7-6-8(15-5-14-6)17-9(13)16-7/h5H,1-4H3,(H3,13,14,15,16,17). The Kier molecular flexibility index (Phi) is 2.39. The van der Waals surface area contributed by atoms with E-state index < -0.39 is 18.3 Å². The summed E-state index contributed by atoms with van der Waals surface area (Å²) < 4.78 is 11.9. The molecule has 0 aliphatic carbocycles. The van der Waals surface area contributed by atoms with Crippen LogP contribution in [0.15, 0.2) is 6.33 Å². The number of rotatable bonds is 1. The molecule has 0 atom stereocenters. The SMILES string of the molecule is CC1(C)OB(c2nc(N)nc3nc[nH]c23)OC1(C)C. The molecule has 1 aliphatic heterocycles. The molecule has 3 heterocycles. The molecule has 7 nitrogen and oxygen atoms in total. The van der Waals surface area contributed by atoms with Gasteiger partial charge in [0.1, 0.15) is 11.1 Å². The van der Waals surface area contributed by atoms with Gasteiger partial charge in [-0.15, -0.1) is 0 Å². The van der Waals surface area contributed by atoms with Gasteiger partial charge in [0.05, 0.1) is 17.5 Å². The Labute approximate surface area is 111 Å². The third-order valence-electron chi connectivity index (χ3n) is 3.81. The molecule has 0 amide bonds. The lowest BCUT2D eigenvalue weighted by molar-refractivity contribution is 0.00578. The van der Waals surface area contributed by atoms with Crippen LogP contribution in [0.2, 0.25) is 0 Å². The number of nitrogen functional groups attached to an aromatic ring is 1. The summed E-state index contributed by atoms with van der Waals surface area (Å²) in [5.41, 5.74) is 6.63. The number of aromatic amines is 1. The molecule has 0 unspecified atom stereocenters. The normalized spacial score (nSPS) is 21.2. The van der Waals surface area contributed by atoms with Crippen LogP contribution in [0.25, 0.3) is 11.2 Å². The fraction of sp³-hybridized carbons (Fsp3) is 0.545. The quantitative estimate of drug-likeness (QED) is 0.713. The molecular formula is C11H16BN5O2. The van der Waals surface area contributed by atoms with E-state index >= 15 is 0 Å². The van der Waals surface area contributed by atoms with Gasteiger partial charge >= 0.3 is 7.12 Å². The zero-order valence-corrected chi connectivity index (χ0v) is 11.4. The van der Waals surface area contributed by atoms with Crippen LogP contribution in [0, 0.1) is 0 Å². The number of fused-ring (bicyclic) bond motifs is 1. The number of H-pyrrole nitrogens is 1. The van der Waals surface area contributed by atoms with Crippen molar-refractivity contribution >= 4 is 29.8 Å². The molecule has 0 spiro atoms. The monoisotopic (exact) mass is 261 g/mol. The van der Waals surface area contributed by atoms with Gasteiger partial charge in [-0.05, 0) is 27.7 Å². The summed E-state index contributed by atoms with van der Waals surface area (Å²) in [6, 6.07) is 0. The highest BCUT2D eigenvalue weighted by Crippen LogP contribution is 2.36. The van der Waals surface area contributed by atoms with E-state index in [2.05, 4.69) is 19.9 Å². The molecule has 3 rings (SSSR count). The Morgan fingerprint density at radius 1 is 1.16 bits per heavy atom. The molecule has 2 aromatic heterocycles. The summed E-state index contributed by atoms with van der Waals surface area (Å²) in [6.45, 7) is 7.95. The zero-order chi connectivity index (χ0) is 13.8. The predicted octanol–water partition coefficient (Wildman–Crippen LogP) is 0.234. The Bertz CT molecular complexity index is 623. The van der Waals surface area contributed by atoms with E-state index in [9.17, 15) is 0 Å². The van der Waals surface area contributed by atoms with Crippen LogP contribution in [-0.2, 0) is 9.31 Å². The van der Waals surface area contributed by atoms with Gasteiger partial charge in [0, 0.05) is 0 Å². The van der Waals surface area contributed by atoms with Gasteiger partial charge < -0.3 is 20.0 Å².